The van der Waals surface area contributed by atoms with Gasteiger partial charge in [-0.3, -0.25) is 0 Å². The van der Waals surface area contributed by atoms with Crippen molar-refractivity contribution in [3.05, 3.63) is 23.8 Å². The molecule has 0 saturated carbocycles. The van der Waals surface area contributed by atoms with Crippen molar-refractivity contribution in [3.63, 3.8) is 0 Å². The van der Waals surface area contributed by atoms with Crippen LogP contribution in [0.15, 0.2) is 23.1 Å². The normalized spacial score (nSPS) is 20.9. The predicted molar refractivity (Wildman–Crippen MR) is 75.0 cm³/mol. The number of piperidine rings is 1. The number of thioether (sulfide) groups is 1. The second-order valence-corrected chi connectivity index (χ2v) is 6.02. The maximum Gasteiger partial charge on any atom is 0.0483 e. The Kier molecular flexibility index (Phi) is 3.57. The van der Waals surface area contributed by atoms with Gasteiger partial charge in [-0.15, -0.1) is 11.8 Å². The highest BCUT2D eigenvalue weighted by molar-refractivity contribution is 7.99. The van der Waals surface area contributed by atoms with Gasteiger partial charge >= 0.3 is 0 Å². The molecule has 0 radical (unpaired) electrons. The van der Waals surface area contributed by atoms with E-state index in [9.17, 15) is 0 Å². The molecule has 0 atom stereocenters. The van der Waals surface area contributed by atoms with Gasteiger partial charge in [0.15, 0.2) is 0 Å². The Hall–Kier alpha value is -0.670. The predicted octanol–water partition coefficient (Wildman–Crippen LogP) is 2.89. The molecular formula is C14H20N2S. The highest BCUT2D eigenvalue weighted by Gasteiger charge is 2.17. The highest BCUT2D eigenvalue weighted by Crippen LogP contribution is 2.36. The number of anilines is 1. The van der Waals surface area contributed by atoms with Crippen LogP contribution in [0.4, 0.5) is 5.69 Å². The largest absolute Gasteiger partial charge is 0.381 e. The summed E-state index contributed by atoms with van der Waals surface area (Å²) in [6.45, 7) is 2.31. The van der Waals surface area contributed by atoms with Crippen molar-refractivity contribution >= 4 is 17.4 Å². The quantitative estimate of drug-likeness (QED) is 0.841. The Balaban J connectivity index is 1.77. The van der Waals surface area contributed by atoms with Gasteiger partial charge < -0.3 is 10.6 Å². The lowest BCUT2D eigenvalue weighted by molar-refractivity contribution is 0.478. The third-order valence-electron chi connectivity index (χ3n) is 3.63. The second kappa shape index (κ2) is 5.32. The molecule has 92 valence electrons. The van der Waals surface area contributed by atoms with Crippen LogP contribution >= 0.6 is 11.8 Å². The Morgan fingerprint density at radius 3 is 3.00 bits per heavy atom. The zero-order valence-corrected chi connectivity index (χ0v) is 11.0. The molecule has 2 N–H and O–H groups in total. The van der Waals surface area contributed by atoms with Crippen LogP contribution in [-0.4, -0.2) is 24.9 Å². The second-order valence-electron chi connectivity index (χ2n) is 4.91. The smallest absolute Gasteiger partial charge is 0.0483 e. The Bertz CT molecular complexity index is 386. The summed E-state index contributed by atoms with van der Waals surface area (Å²) >= 11 is 2.03. The zero-order chi connectivity index (χ0) is 11.5. The van der Waals surface area contributed by atoms with E-state index in [-0.39, 0.29) is 0 Å². The number of rotatable bonds is 2. The van der Waals surface area contributed by atoms with Gasteiger partial charge in [-0.25, -0.2) is 0 Å². The van der Waals surface area contributed by atoms with E-state index in [0.29, 0.717) is 6.04 Å². The molecular weight excluding hydrogens is 228 g/mol. The molecule has 3 rings (SSSR count). The standard InChI is InChI=1S/C14H20N2S/c1-3-11-4-2-10-17-14(11)13(5-1)16-12-6-8-15-9-7-12/h1,3,5,12,15-16H,2,4,6-10H2. The van der Waals surface area contributed by atoms with Crippen molar-refractivity contribution in [2.75, 3.05) is 24.2 Å². The molecule has 2 heterocycles. The number of benzene rings is 1. The van der Waals surface area contributed by atoms with Crippen molar-refractivity contribution in [1.82, 2.24) is 5.32 Å². The minimum absolute atomic E-state index is 0.658. The first-order valence-electron chi connectivity index (χ1n) is 6.65. The monoisotopic (exact) mass is 248 g/mol. The molecule has 2 aliphatic rings. The van der Waals surface area contributed by atoms with Crippen LogP contribution in [0.5, 0.6) is 0 Å². The first-order valence-corrected chi connectivity index (χ1v) is 7.64. The fourth-order valence-corrected chi connectivity index (χ4v) is 3.82. The fraction of sp³-hybridized carbons (Fsp3) is 0.571. The lowest BCUT2D eigenvalue weighted by Crippen LogP contribution is -2.35. The summed E-state index contributed by atoms with van der Waals surface area (Å²) in [6, 6.07) is 7.40. The van der Waals surface area contributed by atoms with Gasteiger partial charge in [0.1, 0.15) is 0 Å². The molecule has 1 aromatic rings. The van der Waals surface area contributed by atoms with Crippen molar-refractivity contribution in [2.24, 2.45) is 0 Å². The minimum atomic E-state index is 0.658. The molecule has 0 aromatic heterocycles. The van der Waals surface area contributed by atoms with E-state index in [1.165, 1.54) is 42.0 Å². The highest BCUT2D eigenvalue weighted by atomic mass is 32.2. The third kappa shape index (κ3) is 2.61. The summed E-state index contributed by atoms with van der Waals surface area (Å²) in [5.74, 6) is 1.28. The van der Waals surface area contributed by atoms with Crippen LogP contribution in [0.3, 0.4) is 0 Å². The van der Waals surface area contributed by atoms with Crippen LogP contribution < -0.4 is 10.6 Å². The molecule has 0 spiro atoms. The topological polar surface area (TPSA) is 24.1 Å². The van der Waals surface area contributed by atoms with E-state index in [1.807, 2.05) is 11.8 Å². The number of nitrogens with one attached hydrogen (secondary N) is 2. The van der Waals surface area contributed by atoms with Gasteiger partial charge in [-0.2, -0.15) is 0 Å². The minimum Gasteiger partial charge on any atom is -0.381 e. The number of hydrogen-bond acceptors (Lipinski definition) is 3. The number of hydrogen-bond donors (Lipinski definition) is 2. The molecule has 2 nitrogen and oxygen atoms in total. The lowest BCUT2D eigenvalue weighted by Gasteiger charge is -2.27. The van der Waals surface area contributed by atoms with Crippen LogP contribution in [0.25, 0.3) is 0 Å². The maximum absolute atomic E-state index is 3.75. The molecule has 0 amide bonds. The van der Waals surface area contributed by atoms with Gasteiger partial charge in [-0.05, 0) is 56.2 Å². The molecule has 2 aliphatic heterocycles. The first-order chi connectivity index (χ1) is 8.43. The molecule has 1 fully saturated rings. The van der Waals surface area contributed by atoms with Gasteiger partial charge in [0.2, 0.25) is 0 Å². The van der Waals surface area contributed by atoms with Gasteiger partial charge in [-0.1, -0.05) is 12.1 Å². The average Bonchev–Trinajstić information content (AvgIpc) is 2.40. The zero-order valence-electron chi connectivity index (χ0n) is 10.2. The Morgan fingerprint density at radius 2 is 2.12 bits per heavy atom. The summed E-state index contributed by atoms with van der Waals surface area (Å²) < 4.78 is 0. The maximum atomic E-state index is 3.75. The van der Waals surface area contributed by atoms with Crippen molar-refractivity contribution in [2.45, 2.75) is 36.6 Å². The van der Waals surface area contributed by atoms with Crippen molar-refractivity contribution in [1.29, 1.82) is 0 Å². The van der Waals surface area contributed by atoms with Gasteiger partial charge in [0, 0.05) is 16.6 Å². The average molecular weight is 248 g/mol. The van der Waals surface area contributed by atoms with Crippen LogP contribution in [0, 0.1) is 0 Å². The van der Waals surface area contributed by atoms with Crippen LogP contribution in [-0.2, 0) is 6.42 Å². The fourth-order valence-electron chi connectivity index (χ4n) is 2.69. The van der Waals surface area contributed by atoms with Crippen molar-refractivity contribution < 1.29 is 0 Å². The van der Waals surface area contributed by atoms with Crippen LogP contribution in [0.2, 0.25) is 0 Å². The molecule has 1 aromatic carbocycles. The summed E-state index contributed by atoms with van der Waals surface area (Å²) in [7, 11) is 0. The molecule has 0 unspecified atom stereocenters. The van der Waals surface area contributed by atoms with E-state index in [4.69, 9.17) is 0 Å². The first kappa shape index (κ1) is 11.4. The molecule has 1 saturated heterocycles. The van der Waals surface area contributed by atoms with Gasteiger partial charge in [0.25, 0.3) is 0 Å². The van der Waals surface area contributed by atoms with Gasteiger partial charge in [0.05, 0.1) is 0 Å². The number of fused-ring (bicyclic) bond motifs is 1. The molecule has 0 aliphatic carbocycles. The van der Waals surface area contributed by atoms with E-state index in [2.05, 4.69) is 28.8 Å². The van der Waals surface area contributed by atoms with E-state index >= 15 is 0 Å². The van der Waals surface area contributed by atoms with E-state index < -0.39 is 0 Å². The van der Waals surface area contributed by atoms with E-state index in [0.717, 1.165) is 13.1 Å². The van der Waals surface area contributed by atoms with Crippen LogP contribution in [0.1, 0.15) is 24.8 Å². The molecule has 17 heavy (non-hydrogen) atoms. The summed E-state index contributed by atoms with van der Waals surface area (Å²) in [4.78, 5) is 1.51. The SMILES string of the molecule is c1cc2c(c(NC3CCNCC3)c1)SCCC2. The third-order valence-corrected chi connectivity index (χ3v) is 4.90. The number of aryl methyl sites for hydroxylation is 1. The Morgan fingerprint density at radius 1 is 1.24 bits per heavy atom. The molecule has 0 bridgehead atoms. The lowest BCUT2D eigenvalue weighted by atomic mass is 10.0. The summed E-state index contributed by atoms with van der Waals surface area (Å²) in [6.07, 6.45) is 5.07. The van der Waals surface area contributed by atoms with Crippen molar-refractivity contribution in [3.8, 4) is 0 Å². The molecule has 3 heteroatoms. The summed E-state index contributed by atoms with van der Waals surface area (Å²) in [5, 5.41) is 7.17. The summed E-state index contributed by atoms with van der Waals surface area (Å²) in [5.41, 5.74) is 2.92. The Labute approximate surface area is 108 Å². The van der Waals surface area contributed by atoms with E-state index in [1.54, 1.807) is 5.56 Å².